The van der Waals surface area contributed by atoms with Crippen molar-refractivity contribution < 1.29 is 22.7 Å². The van der Waals surface area contributed by atoms with Crippen molar-refractivity contribution >= 4 is 11.6 Å². The molecule has 3 aromatic rings. The number of fused-ring (bicyclic) bond motifs is 1. The average molecular weight is 363 g/mol. The third-order valence-corrected chi connectivity index (χ3v) is 3.85. The summed E-state index contributed by atoms with van der Waals surface area (Å²) in [5.74, 6) is 0.417. The summed E-state index contributed by atoms with van der Waals surface area (Å²) in [5.41, 5.74) is 0.784. The number of nitrogens with zero attached hydrogens (tertiary/aromatic N) is 2. The number of ether oxygens (including phenoxy) is 1. The van der Waals surface area contributed by atoms with Gasteiger partial charge >= 0.3 is 6.18 Å². The molecule has 0 saturated heterocycles. The molecule has 136 valence electrons. The molecule has 0 spiro atoms. The van der Waals surface area contributed by atoms with E-state index >= 15 is 0 Å². The van der Waals surface area contributed by atoms with Crippen LogP contribution in [-0.2, 0) is 12.6 Å². The zero-order valence-corrected chi connectivity index (χ0v) is 13.9. The van der Waals surface area contributed by atoms with Gasteiger partial charge in [0.2, 0.25) is 0 Å². The number of imidazole rings is 1. The van der Waals surface area contributed by atoms with Gasteiger partial charge < -0.3 is 14.5 Å². The van der Waals surface area contributed by atoms with Crippen molar-refractivity contribution in [3.8, 4) is 5.75 Å². The Morgan fingerprint density at radius 1 is 1.15 bits per heavy atom. The Bertz CT molecular complexity index is 918. The van der Waals surface area contributed by atoms with E-state index in [2.05, 4.69) is 10.3 Å². The molecule has 0 saturated carbocycles. The maximum atomic E-state index is 12.7. The molecule has 2 heterocycles. The molecule has 8 heteroatoms. The van der Waals surface area contributed by atoms with Crippen LogP contribution in [0, 0.1) is 0 Å². The second-order valence-electron chi connectivity index (χ2n) is 5.65. The van der Waals surface area contributed by atoms with Crippen LogP contribution in [0.5, 0.6) is 5.75 Å². The predicted octanol–water partition coefficient (Wildman–Crippen LogP) is 3.33. The van der Waals surface area contributed by atoms with Crippen molar-refractivity contribution in [2.75, 3.05) is 13.7 Å². The van der Waals surface area contributed by atoms with Crippen molar-refractivity contribution in [2.45, 2.75) is 12.6 Å². The Labute approximate surface area is 147 Å². The number of aromatic nitrogens is 2. The largest absolute Gasteiger partial charge is 0.497 e. The van der Waals surface area contributed by atoms with Crippen LogP contribution in [0.2, 0.25) is 0 Å². The van der Waals surface area contributed by atoms with Gasteiger partial charge in [0, 0.05) is 30.9 Å². The van der Waals surface area contributed by atoms with Crippen molar-refractivity contribution in [3.05, 3.63) is 65.6 Å². The Morgan fingerprint density at radius 3 is 2.54 bits per heavy atom. The van der Waals surface area contributed by atoms with Crippen molar-refractivity contribution in [1.82, 2.24) is 14.7 Å². The van der Waals surface area contributed by atoms with E-state index in [9.17, 15) is 18.0 Å². The first-order chi connectivity index (χ1) is 12.4. The summed E-state index contributed by atoms with van der Waals surface area (Å²) < 4.78 is 44.6. The van der Waals surface area contributed by atoms with Gasteiger partial charge in [0.15, 0.2) is 0 Å². The van der Waals surface area contributed by atoms with E-state index in [1.807, 2.05) is 0 Å². The second kappa shape index (κ2) is 7.07. The van der Waals surface area contributed by atoms with E-state index in [1.165, 1.54) is 16.7 Å². The zero-order chi connectivity index (χ0) is 18.7. The Balaban J connectivity index is 1.61. The summed E-state index contributed by atoms with van der Waals surface area (Å²) >= 11 is 0. The number of pyridine rings is 1. The molecule has 1 amide bonds. The quantitative estimate of drug-likeness (QED) is 0.757. The maximum Gasteiger partial charge on any atom is 0.417 e. The molecular weight excluding hydrogens is 347 g/mol. The van der Waals surface area contributed by atoms with Crippen LogP contribution < -0.4 is 10.1 Å². The molecule has 1 N–H and O–H groups in total. The third kappa shape index (κ3) is 3.96. The topological polar surface area (TPSA) is 55.6 Å². The molecule has 2 aromatic heterocycles. The number of amides is 1. The van der Waals surface area contributed by atoms with Gasteiger partial charge in [0.25, 0.3) is 5.91 Å². The lowest BCUT2D eigenvalue weighted by Crippen LogP contribution is -2.25. The lowest BCUT2D eigenvalue weighted by molar-refractivity contribution is -0.137. The SMILES string of the molecule is COc1ccc(C(=O)NCCc2cn3cc(C(F)(F)F)ccc3n2)cc1. The molecule has 0 radical (unpaired) electrons. The van der Waals surface area contributed by atoms with Gasteiger partial charge in [-0.3, -0.25) is 4.79 Å². The smallest absolute Gasteiger partial charge is 0.417 e. The second-order valence-corrected chi connectivity index (χ2v) is 5.65. The van der Waals surface area contributed by atoms with E-state index < -0.39 is 11.7 Å². The van der Waals surface area contributed by atoms with Gasteiger partial charge in [-0.15, -0.1) is 0 Å². The fourth-order valence-corrected chi connectivity index (χ4v) is 2.48. The summed E-state index contributed by atoms with van der Waals surface area (Å²) in [4.78, 5) is 16.3. The minimum Gasteiger partial charge on any atom is -0.497 e. The van der Waals surface area contributed by atoms with Crippen LogP contribution in [-0.4, -0.2) is 28.9 Å². The van der Waals surface area contributed by atoms with E-state index in [4.69, 9.17) is 4.74 Å². The standard InChI is InChI=1S/C18H16F3N3O2/c1-26-15-5-2-12(3-6-15)17(25)22-9-8-14-11-24-10-13(18(19,20)21)4-7-16(24)23-14/h2-7,10-11H,8-9H2,1H3,(H,22,25). The molecule has 0 fully saturated rings. The van der Waals surface area contributed by atoms with Crippen molar-refractivity contribution in [2.24, 2.45) is 0 Å². The van der Waals surface area contributed by atoms with Crippen molar-refractivity contribution in [1.29, 1.82) is 0 Å². The minimum absolute atomic E-state index is 0.240. The van der Waals surface area contributed by atoms with Gasteiger partial charge in [0.05, 0.1) is 18.4 Å². The van der Waals surface area contributed by atoms with Gasteiger partial charge in [-0.1, -0.05) is 0 Å². The van der Waals surface area contributed by atoms with Gasteiger partial charge in [0.1, 0.15) is 11.4 Å². The highest BCUT2D eigenvalue weighted by molar-refractivity contribution is 5.94. The number of hydrogen-bond acceptors (Lipinski definition) is 3. The molecule has 5 nitrogen and oxygen atoms in total. The van der Waals surface area contributed by atoms with E-state index in [-0.39, 0.29) is 5.91 Å². The minimum atomic E-state index is -4.40. The summed E-state index contributed by atoms with van der Waals surface area (Å²) in [6.45, 7) is 0.320. The van der Waals surface area contributed by atoms with E-state index in [0.717, 1.165) is 12.3 Å². The Kier molecular flexibility index (Phi) is 4.83. The van der Waals surface area contributed by atoms with Crippen LogP contribution in [0.15, 0.2) is 48.8 Å². The molecule has 0 bridgehead atoms. The predicted molar refractivity (Wildman–Crippen MR) is 89.2 cm³/mol. The molecule has 0 aliphatic carbocycles. The first-order valence-corrected chi connectivity index (χ1v) is 7.84. The highest BCUT2D eigenvalue weighted by atomic mass is 19.4. The molecular formula is C18H16F3N3O2. The summed E-state index contributed by atoms with van der Waals surface area (Å²) in [6.07, 6.45) is -1.46. The summed E-state index contributed by atoms with van der Waals surface area (Å²) in [7, 11) is 1.54. The average Bonchev–Trinajstić information content (AvgIpc) is 3.02. The number of carbonyl (C=O) groups is 1. The van der Waals surface area contributed by atoms with Gasteiger partial charge in [-0.05, 0) is 36.4 Å². The van der Waals surface area contributed by atoms with Crippen LogP contribution in [0.4, 0.5) is 13.2 Å². The molecule has 1 aromatic carbocycles. The number of rotatable bonds is 5. The lowest BCUT2D eigenvalue weighted by Gasteiger charge is -2.05. The highest BCUT2D eigenvalue weighted by Gasteiger charge is 2.30. The Morgan fingerprint density at radius 2 is 1.88 bits per heavy atom. The number of carbonyl (C=O) groups excluding carboxylic acids is 1. The molecule has 26 heavy (non-hydrogen) atoms. The molecule has 0 atom stereocenters. The molecule has 0 aliphatic rings. The highest BCUT2D eigenvalue weighted by Crippen LogP contribution is 2.29. The number of benzene rings is 1. The summed E-state index contributed by atoms with van der Waals surface area (Å²) in [6, 6.07) is 9.00. The first-order valence-electron chi connectivity index (χ1n) is 7.84. The number of methoxy groups -OCH3 is 1. The van der Waals surface area contributed by atoms with Crippen LogP contribution in [0.25, 0.3) is 5.65 Å². The molecule has 3 rings (SSSR count). The van der Waals surface area contributed by atoms with Crippen LogP contribution in [0.1, 0.15) is 21.6 Å². The van der Waals surface area contributed by atoms with E-state index in [0.29, 0.717) is 35.6 Å². The Hall–Kier alpha value is -3.03. The summed E-state index contributed by atoms with van der Waals surface area (Å²) in [5, 5.41) is 2.76. The monoisotopic (exact) mass is 363 g/mol. The van der Waals surface area contributed by atoms with Gasteiger partial charge in [-0.2, -0.15) is 13.2 Å². The number of halogens is 3. The maximum absolute atomic E-state index is 12.7. The lowest BCUT2D eigenvalue weighted by atomic mass is 10.2. The third-order valence-electron chi connectivity index (χ3n) is 3.85. The molecule has 0 aliphatic heterocycles. The number of alkyl halides is 3. The fourth-order valence-electron chi connectivity index (χ4n) is 2.48. The van der Waals surface area contributed by atoms with E-state index in [1.54, 1.807) is 31.4 Å². The van der Waals surface area contributed by atoms with Crippen LogP contribution >= 0.6 is 0 Å². The van der Waals surface area contributed by atoms with Crippen molar-refractivity contribution in [3.63, 3.8) is 0 Å². The number of nitrogens with one attached hydrogen (secondary N) is 1. The normalized spacial score (nSPS) is 11.5. The fraction of sp³-hybridized carbons (Fsp3) is 0.222. The molecule has 0 unspecified atom stereocenters. The van der Waals surface area contributed by atoms with Gasteiger partial charge in [-0.25, -0.2) is 4.98 Å². The van der Waals surface area contributed by atoms with Crippen LogP contribution in [0.3, 0.4) is 0 Å². The number of hydrogen-bond donors (Lipinski definition) is 1. The first kappa shape index (κ1) is 17.8. The zero-order valence-electron chi connectivity index (χ0n) is 13.9.